The van der Waals surface area contributed by atoms with Gasteiger partial charge in [0.25, 0.3) is 5.91 Å². The Balaban J connectivity index is 1.35. The fourth-order valence-electron chi connectivity index (χ4n) is 5.70. The first kappa shape index (κ1) is 38.3. The lowest BCUT2D eigenvalue weighted by Gasteiger charge is -2.31. The lowest BCUT2D eigenvalue weighted by Crippen LogP contribution is -2.46. The monoisotopic (exact) mass is 802 g/mol. The highest BCUT2D eigenvalue weighted by Crippen LogP contribution is 2.39. The molecule has 15 nitrogen and oxygen atoms in total. The molecule has 6 rings (SSSR count). The first-order chi connectivity index (χ1) is 25.0. The van der Waals surface area contributed by atoms with Crippen molar-refractivity contribution in [2.75, 3.05) is 26.3 Å². The number of aromatic nitrogens is 3. The summed E-state index contributed by atoms with van der Waals surface area (Å²) in [4.78, 5) is 30.8. The van der Waals surface area contributed by atoms with Gasteiger partial charge in [0.1, 0.15) is 5.01 Å². The third kappa shape index (κ3) is 8.69. The van der Waals surface area contributed by atoms with Crippen LogP contribution in [-0.2, 0) is 41.4 Å². The highest BCUT2D eigenvalue weighted by atomic mass is 35.5. The third-order valence-electron chi connectivity index (χ3n) is 8.22. The minimum Gasteiger partial charge on any atom is -0.422 e. The van der Waals surface area contributed by atoms with Crippen LogP contribution in [0, 0.1) is 0 Å². The number of fused-ring (bicyclic) bond motifs is 1. The van der Waals surface area contributed by atoms with E-state index in [1.165, 1.54) is 0 Å². The molecule has 53 heavy (non-hydrogen) atoms. The van der Waals surface area contributed by atoms with E-state index in [4.69, 9.17) is 26.5 Å². The predicted octanol–water partition coefficient (Wildman–Crippen LogP) is 5.12. The van der Waals surface area contributed by atoms with Crippen LogP contribution in [0.5, 0.6) is 0 Å². The van der Waals surface area contributed by atoms with Crippen LogP contribution in [0.25, 0.3) is 21.3 Å². The molecule has 2 amide bonds. The number of morpholine rings is 1. The summed E-state index contributed by atoms with van der Waals surface area (Å²) in [7, 11) is -8.83. The largest absolute Gasteiger partial charge is 0.422 e. The number of thiazole rings is 1. The van der Waals surface area contributed by atoms with Gasteiger partial charge in [0.15, 0.2) is 15.1 Å². The van der Waals surface area contributed by atoms with E-state index in [0.29, 0.717) is 52.7 Å². The third-order valence-corrected chi connectivity index (χ3v) is 13.2. The molecular weight excluding hydrogens is 768 g/mol. The lowest BCUT2D eigenvalue weighted by atomic mass is 10.0. The van der Waals surface area contributed by atoms with Gasteiger partial charge >= 0.3 is 16.4 Å². The number of sulfone groups is 1. The lowest BCUT2D eigenvalue weighted by molar-refractivity contribution is 0.0303. The molecule has 0 bridgehead atoms. The molecule has 3 aromatic carbocycles. The van der Waals surface area contributed by atoms with Crippen molar-refractivity contribution in [3.8, 4) is 11.1 Å². The molecular formula is C34H35ClN6O9S3. The zero-order valence-corrected chi connectivity index (χ0v) is 32.0. The van der Waals surface area contributed by atoms with Crippen LogP contribution in [0.15, 0.2) is 71.1 Å². The summed E-state index contributed by atoms with van der Waals surface area (Å²) in [6.45, 7) is 5.98. The molecule has 1 aliphatic rings. The zero-order chi connectivity index (χ0) is 38.1. The van der Waals surface area contributed by atoms with E-state index in [9.17, 15) is 26.4 Å². The van der Waals surface area contributed by atoms with Gasteiger partial charge in [0, 0.05) is 18.6 Å². The summed E-state index contributed by atoms with van der Waals surface area (Å²) < 4.78 is 71.1. The van der Waals surface area contributed by atoms with E-state index in [0.717, 1.165) is 26.8 Å². The minimum absolute atomic E-state index is 0.144. The maximum atomic E-state index is 14.2. The first-order valence-corrected chi connectivity index (χ1v) is 20.5. The van der Waals surface area contributed by atoms with E-state index in [1.54, 1.807) is 80.3 Å². The van der Waals surface area contributed by atoms with Gasteiger partial charge in [-0.1, -0.05) is 54.1 Å². The van der Waals surface area contributed by atoms with Gasteiger partial charge < -0.3 is 24.0 Å². The number of nitrogens with two attached hydrogens (primary N) is 1. The summed E-state index contributed by atoms with van der Waals surface area (Å²) in [5.74, 6) is -1.15. The highest BCUT2D eigenvalue weighted by molar-refractivity contribution is 7.91. The average molecular weight is 803 g/mol. The number of hydrogen-bond donors (Lipinski definition) is 1. The SMILES string of the molecule is CC(C)(C)N(Cc1nnc(C(c2nc3ccc(-c4ccc(C(=O)N5CCOCC5)c(Cl)c4)cc3s2)S(=O)(=O)Cc2ccccc2)o1)S(=O)(=O)OC(N)=O. The molecule has 0 saturated carbocycles. The van der Waals surface area contributed by atoms with Crippen LogP contribution < -0.4 is 5.73 Å². The quantitative estimate of drug-likeness (QED) is 0.185. The molecule has 1 fully saturated rings. The van der Waals surface area contributed by atoms with Crippen LogP contribution in [0.2, 0.25) is 5.02 Å². The smallest absolute Gasteiger partial charge is 0.421 e. The van der Waals surface area contributed by atoms with Crippen molar-refractivity contribution in [1.82, 2.24) is 24.4 Å². The Bertz CT molecular complexity index is 2370. The van der Waals surface area contributed by atoms with Crippen molar-refractivity contribution >= 4 is 65.3 Å². The average Bonchev–Trinajstić information content (AvgIpc) is 3.73. The molecule has 1 unspecified atom stereocenters. The summed E-state index contributed by atoms with van der Waals surface area (Å²) in [6, 6.07) is 19.1. The van der Waals surface area contributed by atoms with Gasteiger partial charge in [-0.15, -0.1) is 21.5 Å². The molecule has 1 aliphatic heterocycles. The van der Waals surface area contributed by atoms with E-state index < -0.39 is 43.6 Å². The van der Waals surface area contributed by atoms with Crippen molar-refractivity contribution < 1.29 is 39.8 Å². The van der Waals surface area contributed by atoms with Gasteiger partial charge in [-0.05, 0) is 61.7 Å². The second-order valence-electron chi connectivity index (χ2n) is 13.1. The van der Waals surface area contributed by atoms with Crippen molar-refractivity contribution in [1.29, 1.82) is 0 Å². The van der Waals surface area contributed by atoms with Gasteiger partial charge in [-0.2, -0.15) is 12.7 Å². The number of primary amides is 1. The molecule has 19 heteroatoms. The van der Waals surface area contributed by atoms with Crippen LogP contribution in [-0.4, -0.2) is 85.1 Å². The molecule has 5 aromatic rings. The predicted molar refractivity (Wildman–Crippen MR) is 197 cm³/mol. The summed E-state index contributed by atoms with van der Waals surface area (Å²) in [5.41, 5.74) is 6.73. The molecule has 3 heterocycles. The number of ether oxygens (including phenoxy) is 1. The Kier molecular flexibility index (Phi) is 10.9. The number of carbonyl (C=O) groups excluding carboxylic acids is 2. The van der Waals surface area contributed by atoms with Crippen molar-refractivity contribution in [3.05, 3.63) is 99.7 Å². The minimum atomic E-state index is -4.70. The van der Waals surface area contributed by atoms with Gasteiger partial charge in [0.05, 0.1) is 46.3 Å². The van der Waals surface area contributed by atoms with E-state index >= 15 is 0 Å². The number of rotatable bonds is 11. The van der Waals surface area contributed by atoms with Crippen LogP contribution in [0.4, 0.5) is 4.79 Å². The maximum Gasteiger partial charge on any atom is 0.421 e. The van der Waals surface area contributed by atoms with Gasteiger partial charge in [-0.25, -0.2) is 18.2 Å². The topological polar surface area (TPSA) is 205 Å². The Morgan fingerprint density at radius 2 is 1.68 bits per heavy atom. The fourth-order valence-corrected chi connectivity index (χ4v) is 10.4. The van der Waals surface area contributed by atoms with Crippen LogP contribution >= 0.6 is 22.9 Å². The Hall–Kier alpha value is -4.46. The van der Waals surface area contributed by atoms with Crippen molar-refractivity contribution in [3.63, 3.8) is 0 Å². The molecule has 0 aliphatic carbocycles. The molecule has 1 saturated heterocycles. The summed E-state index contributed by atoms with van der Waals surface area (Å²) in [6.07, 6.45) is -1.53. The first-order valence-electron chi connectivity index (χ1n) is 16.2. The number of amides is 2. The Morgan fingerprint density at radius 3 is 2.34 bits per heavy atom. The molecule has 2 aromatic heterocycles. The standard InChI is InChI=1S/C34H35ClN6O9S3/c1-34(2,3)41(53(46,47)50-33(36)43)19-28-38-39-30(49-28)29(52(44,45)20-21-7-5-4-6-8-21)31-37-26-12-10-23(18-27(26)51-31)22-9-11-24(25(35)17-22)32(42)40-13-15-48-16-14-40/h4-12,17-18,29H,13-16,19-20H2,1-3H3,(H2,36,43). The number of hydrogen-bond acceptors (Lipinski definition) is 13. The molecule has 280 valence electrons. The maximum absolute atomic E-state index is 14.2. The molecule has 0 spiro atoms. The number of carbonyl (C=O) groups is 2. The second-order valence-corrected chi connectivity index (χ2v) is 18.1. The van der Waals surface area contributed by atoms with Gasteiger partial charge in [0.2, 0.25) is 11.8 Å². The Morgan fingerprint density at radius 1 is 1.00 bits per heavy atom. The number of nitrogens with zero attached hydrogens (tertiary/aromatic N) is 5. The van der Waals surface area contributed by atoms with Crippen molar-refractivity contribution in [2.45, 2.75) is 43.9 Å². The van der Waals surface area contributed by atoms with Crippen molar-refractivity contribution in [2.24, 2.45) is 5.73 Å². The number of benzene rings is 3. The van der Waals surface area contributed by atoms with E-state index in [1.807, 2.05) is 12.1 Å². The molecule has 0 radical (unpaired) electrons. The van der Waals surface area contributed by atoms with E-state index in [2.05, 4.69) is 19.4 Å². The summed E-state index contributed by atoms with van der Waals surface area (Å²) >= 11 is 7.72. The molecule has 1 atom stereocenters. The highest BCUT2D eigenvalue weighted by Gasteiger charge is 2.40. The normalized spacial score (nSPS) is 14.8. The zero-order valence-electron chi connectivity index (χ0n) is 28.8. The number of halogens is 1. The molecule has 2 N–H and O–H groups in total. The van der Waals surface area contributed by atoms with Crippen LogP contribution in [0.3, 0.4) is 0 Å². The fraction of sp³-hybridized carbons (Fsp3) is 0.324. The summed E-state index contributed by atoms with van der Waals surface area (Å²) in [5, 5.41) is 6.93. The second kappa shape index (κ2) is 15.1. The van der Waals surface area contributed by atoms with Crippen LogP contribution in [0.1, 0.15) is 58.7 Å². The Labute approximate surface area is 314 Å². The van der Waals surface area contributed by atoms with Gasteiger partial charge in [-0.3, -0.25) is 4.79 Å². The van der Waals surface area contributed by atoms with E-state index in [-0.39, 0.29) is 28.4 Å².